The summed E-state index contributed by atoms with van der Waals surface area (Å²) in [6, 6.07) is 16.2. The molecule has 2 unspecified atom stereocenters. The van der Waals surface area contributed by atoms with Crippen molar-refractivity contribution in [2.75, 3.05) is 19.1 Å². The molecule has 0 radical (unpaired) electrons. The highest BCUT2D eigenvalue weighted by molar-refractivity contribution is 6.03. The van der Waals surface area contributed by atoms with Gasteiger partial charge in [0.2, 0.25) is 5.91 Å². The van der Waals surface area contributed by atoms with E-state index in [4.69, 9.17) is 4.74 Å². The topological polar surface area (TPSA) is 114 Å². The molecule has 0 spiro atoms. The van der Waals surface area contributed by atoms with Gasteiger partial charge in [-0.2, -0.15) is 0 Å². The Kier molecular flexibility index (Phi) is 8.36. The number of hydrogen-bond donors (Lipinski definition) is 2. The second-order valence-electron chi connectivity index (χ2n) is 9.63. The minimum absolute atomic E-state index is 0. The summed E-state index contributed by atoms with van der Waals surface area (Å²) in [5, 5.41) is 18.6. The number of benzene rings is 3. The first-order valence-electron chi connectivity index (χ1n) is 12.7. The molecule has 3 aromatic carbocycles. The SMILES string of the molecule is CNC(C)C(=O)NC1(F)CCc2ccccc2N(Cc2c(OC)ccc3cc(-c4nnnn4C)ccc23)C1=O.Cl. The van der Waals surface area contributed by atoms with Crippen LogP contribution in [-0.2, 0) is 29.6 Å². The predicted octanol–water partition coefficient (Wildman–Crippen LogP) is 3.33. The first-order valence-corrected chi connectivity index (χ1v) is 12.7. The number of aryl methyl sites for hydroxylation is 2. The van der Waals surface area contributed by atoms with Crippen LogP contribution in [0.3, 0.4) is 0 Å². The molecule has 1 aliphatic rings. The van der Waals surface area contributed by atoms with Gasteiger partial charge in [0, 0.05) is 30.3 Å². The third kappa shape index (κ3) is 5.22. The number of tetrazole rings is 1. The minimum Gasteiger partial charge on any atom is -0.496 e. The molecular weight excluding hydrogens is 537 g/mol. The lowest BCUT2D eigenvalue weighted by Gasteiger charge is -2.31. The van der Waals surface area contributed by atoms with E-state index in [-0.39, 0.29) is 31.8 Å². The van der Waals surface area contributed by atoms with Gasteiger partial charge in [0.15, 0.2) is 5.82 Å². The number of hydrogen-bond acceptors (Lipinski definition) is 7. The molecule has 0 saturated carbocycles. The predicted molar refractivity (Wildman–Crippen MR) is 152 cm³/mol. The normalized spacial score (nSPS) is 17.5. The van der Waals surface area contributed by atoms with Crippen LogP contribution in [0.2, 0.25) is 0 Å². The zero-order chi connectivity index (χ0) is 27.7. The van der Waals surface area contributed by atoms with E-state index in [0.717, 1.165) is 21.9 Å². The van der Waals surface area contributed by atoms with Gasteiger partial charge in [-0.1, -0.05) is 36.4 Å². The number of carbonyl (C=O) groups is 2. The Morgan fingerprint density at radius 1 is 1.20 bits per heavy atom. The molecular formula is C28H31ClFN7O3. The van der Waals surface area contributed by atoms with Crippen LogP contribution in [0.15, 0.2) is 54.6 Å². The number of rotatable bonds is 7. The molecule has 0 bridgehead atoms. The van der Waals surface area contributed by atoms with Crippen molar-refractivity contribution in [1.29, 1.82) is 0 Å². The number of nitrogens with one attached hydrogen (secondary N) is 2. The molecule has 10 nitrogen and oxygen atoms in total. The number of alkyl halides is 1. The Bertz CT molecular complexity index is 1560. The van der Waals surface area contributed by atoms with Crippen molar-refractivity contribution in [3.63, 3.8) is 0 Å². The summed E-state index contributed by atoms with van der Waals surface area (Å²) in [7, 11) is 4.92. The van der Waals surface area contributed by atoms with Gasteiger partial charge in [-0.3, -0.25) is 9.59 Å². The Labute approximate surface area is 237 Å². The summed E-state index contributed by atoms with van der Waals surface area (Å²) < 4.78 is 23.7. The molecule has 2 amide bonds. The maximum Gasteiger partial charge on any atom is 0.285 e. The number of nitrogens with zero attached hydrogens (tertiary/aromatic N) is 5. The summed E-state index contributed by atoms with van der Waals surface area (Å²) in [4.78, 5) is 28.0. The van der Waals surface area contributed by atoms with Gasteiger partial charge in [-0.05, 0) is 65.4 Å². The molecule has 2 N–H and O–H groups in total. The van der Waals surface area contributed by atoms with Crippen molar-refractivity contribution in [3.05, 3.63) is 65.7 Å². The van der Waals surface area contributed by atoms with Crippen molar-refractivity contribution in [3.8, 4) is 17.1 Å². The number of carbonyl (C=O) groups excluding carboxylic acids is 2. The Morgan fingerprint density at radius 2 is 1.98 bits per heavy atom. The number of aromatic nitrogens is 4. The second-order valence-corrected chi connectivity index (χ2v) is 9.63. The third-order valence-corrected chi connectivity index (χ3v) is 7.26. The molecule has 5 rings (SSSR count). The van der Waals surface area contributed by atoms with Gasteiger partial charge in [0.05, 0.1) is 19.7 Å². The fourth-order valence-electron chi connectivity index (χ4n) is 4.93. The van der Waals surface area contributed by atoms with Crippen molar-refractivity contribution < 1.29 is 18.7 Å². The molecule has 0 saturated heterocycles. The van der Waals surface area contributed by atoms with Crippen molar-refractivity contribution >= 4 is 40.7 Å². The number of likely N-dealkylation sites (N-methyl/N-ethyl adjacent to an activating group) is 1. The van der Waals surface area contributed by atoms with Gasteiger partial charge in [0.1, 0.15) is 5.75 Å². The zero-order valence-corrected chi connectivity index (χ0v) is 23.5. The summed E-state index contributed by atoms with van der Waals surface area (Å²) in [5.74, 6) is -2.83. The number of anilines is 1. The summed E-state index contributed by atoms with van der Waals surface area (Å²) in [6.45, 7) is 1.64. The van der Waals surface area contributed by atoms with Crippen LogP contribution in [-0.4, -0.2) is 58.0 Å². The fraction of sp³-hybridized carbons (Fsp3) is 0.321. The van der Waals surface area contributed by atoms with E-state index in [9.17, 15) is 9.59 Å². The van der Waals surface area contributed by atoms with Crippen LogP contribution in [0, 0.1) is 0 Å². The number of methoxy groups -OCH3 is 1. The first-order chi connectivity index (χ1) is 18.8. The fourth-order valence-corrected chi connectivity index (χ4v) is 4.93. The Balaban J connectivity index is 0.00000370. The average molecular weight is 568 g/mol. The highest BCUT2D eigenvalue weighted by Gasteiger charge is 2.46. The van der Waals surface area contributed by atoms with Crippen LogP contribution in [0.5, 0.6) is 5.75 Å². The van der Waals surface area contributed by atoms with Crippen LogP contribution in [0.1, 0.15) is 24.5 Å². The number of ether oxygens (including phenoxy) is 1. The minimum atomic E-state index is -2.58. The summed E-state index contributed by atoms with van der Waals surface area (Å²) >= 11 is 0. The van der Waals surface area contributed by atoms with Gasteiger partial charge in [0.25, 0.3) is 11.7 Å². The Hall–Kier alpha value is -4.09. The smallest absolute Gasteiger partial charge is 0.285 e. The maximum absolute atomic E-state index is 16.4. The molecule has 210 valence electrons. The summed E-state index contributed by atoms with van der Waals surface area (Å²) in [6.07, 6.45) is 0.105. The molecule has 2 atom stereocenters. The molecule has 12 heteroatoms. The van der Waals surface area contributed by atoms with E-state index in [1.165, 1.54) is 4.90 Å². The van der Waals surface area contributed by atoms with E-state index in [1.807, 2.05) is 48.5 Å². The third-order valence-electron chi connectivity index (χ3n) is 7.26. The molecule has 2 heterocycles. The average Bonchev–Trinajstić information content (AvgIpc) is 3.35. The van der Waals surface area contributed by atoms with Gasteiger partial charge in [-0.15, -0.1) is 17.5 Å². The Morgan fingerprint density at radius 3 is 2.67 bits per heavy atom. The molecule has 1 aromatic heterocycles. The zero-order valence-electron chi connectivity index (χ0n) is 22.6. The molecule has 1 aliphatic heterocycles. The highest BCUT2D eigenvalue weighted by atomic mass is 35.5. The van der Waals surface area contributed by atoms with Crippen molar-refractivity contribution in [1.82, 2.24) is 30.8 Å². The number of para-hydroxylation sites is 1. The number of fused-ring (bicyclic) bond motifs is 2. The largest absolute Gasteiger partial charge is 0.496 e. The van der Waals surface area contributed by atoms with Crippen LogP contribution < -0.4 is 20.3 Å². The van der Waals surface area contributed by atoms with Crippen molar-refractivity contribution in [2.45, 2.75) is 38.1 Å². The molecule has 0 fully saturated rings. The number of halogens is 2. The first kappa shape index (κ1) is 28.9. The van der Waals surface area contributed by atoms with E-state index >= 15 is 4.39 Å². The lowest BCUT2D eigenvalue weighted by molar-refractivity contribution is -0.140. The highest BCUT2D eigenvalue weighted by Crippen LogP contribution is 2.37. The van der Waals surface area contributed by atoms with Crippen LogP contribution in [0.4, 0.5) is 10.1 Å². The van der Waals surface area contributed by atoms with Crippen LogP contribution >= 0.6 is 12.4 Å². The lowest BCUT2D eigenvalue weighted by atomic mass is 9.99. The van der Waals surface area contributed by atoms with Gasteiger partial charge < -0.3 is 20.3 Å². The van der Waals surface area contributed by atoms with E-state index in [1.54, 1.807) is 38.9 Å². The van der Waals surface area contributed by atoms with E-state index in [0.29, 0.717) is 22.8 Å². The standard InChI is InChI=1S/C28H30FN7O3.ClH/c1-17(30-2)26(37)31-28(29)14-13-18-7-5-6-8-23(18)36(27(28)38)16-22-21-11-9-20(25-32-33-34-35(25)3)15-19(21)10-12-24(22)39-4;/h5-12,15,17,30H,13-14,16H2,1-4H3,(H,31,37);1H. The van der Waals surface area contributed by atoms with Gasteiger partial charge in [-0.25, -0.2) is 9.07 Å². The van der Waals surface area contributed by atoms with E-state index < -0.39 is 23.6 Å². The molecule has 0 aliphatic carbocycles. The van der Waals surface area contributed by atoms with Crippen molar-refractivity contribution in [2.24, 2.45) is 7.05 Å². The monoisotopic (exact) mass is 567 g/mol. The quantitative estimate of drug-likeness (QED) is 0.329. The van der Waals surface area contributed by atoms with Gasteiger partial charge >= 0.3 is 0 Å². The molecule has 4 aromatic rings. The van der Waals surface area contributed by atoms with E-state index in [2.05, 4.69) is 26.2 Å². The van der Waals surface area contributed by atoms with Crippen LogP contribution in [0.25, 0.3) is 22.2 Å². The molecule has 40 heavy (non-hydrogen) atoms. The lowest BCUT2D eigenvalue weighted by Crippen LogP contribution is -2.59. The number of amides is 2. The summed E-state index contributed by atoms with van der Waals surface area (Å²) in [5.41, 5.74) is 2.95. The second kappa shape index (κ2) is 11.6. The maximum atomic E-state index is 16.4.